The van der Waals surface area contributed by atoms with Crippen molar-refractivity contribution in [2.24, 2.45) is 0 Å². The lowest BCUT2D eigenvalue weighted by Crippen LogP contribution is -2.29. The van der Waals surface area contributed by atoms with Gasteiger partial charge in [-0.3, -0.25) is 4.79 Å². The Bertz CT molecular complexity index is 436. The second-order valence-electron chi connectivity index (χ2n) is 4.94. The smallest absolute Gasteiger partial charge is 0.257 e. The van der Waals surface area contributed by atoms with Gasteiger partial charge >= 0.3 is 0 Å². The molecule has 2 N–H and O–H groups in total. The fraction of sp³-hybridized carbons (Fsp3) is 0.533. The quantitative estimate of drug-likeness (QED) is 0.769. The first-order valence-corrected chi connectivity index (χ1v) is 6.94. The normalized spacial score (nSPS) is 10.7. The predicted molar refractivity (Wildman–Crippen MR) is 77.2 cm³/mol. The maximum Gasteiger partial charge on any atom is 0.257 e. The van der Waals surface area contributed by atoms with Gasteiger partial charge in [-0.2, -0.15) is 0 Å². The summed E-state index contributed by atoms with van der Waals surface area (Å²) in [6, 6.07) is 5.11. The van der Waals surface area contributed by atoms with Gasteiger partial charge in [0.15, 0.2) is 18.2 Å². The molecule has 0 heterocycles. The lowest BCUT2D eigenvalue weighted by molar-refractivity contribution is -0.123. The third-order valence-electron chi connectivity index (χ3n) is 2.64. The molecule has 4 nitrogen and oxygen atoms in total. The van der Waals surface area contributed by atoms with E-state index in [-0.39, 0.29) is 18.3 Å². The molecular formula is C15H23FN2O2. The monoisotopic (exact) mass is 282 g/mol. The summed E-state index contributed by atoms with van der Waals surface area (Å²) in [5.41, 5.74) is 0.846. The first kappa shape index (κ1) is 16.4. The Balaban J connectivity index is 2.49. The summed E-state index contributed by atoms with van der Waals surface area (Å²) in [4.78, 5) is 11.4. The van der Waals surface area contributed by atoms with Gasteiger partial charge in [0, 0.05) is 19.1 Å². The van der Waals surface area contributed by atoms with Crippen LogP contribution in [0.15, 0.2) is 18.2 Å². The van der Waals surface area contributed by atoms with Crippen molar-refractivity contribution in [1.82, 2.24) is 10.6 Å². The van der Waals surface area contributed by atoms with Crippen molar-refractivity contribution in [3.8, 4) is 5.75 Å². The van der Waals surface area contributed by atoms with E-state index in [4.69, 9.17) is 4.74 Å². The van der Waals surface area contributed by atoms with Gasteiger partial charge in [-0.15, -0.1) is 0 Å². The molecule has 1 rings (SSSR count). The number of nitrogens with one attached hydrogen (secondary N) is 2. The third kappa shape index (κ3) is 6.02. The van der Waals surface area contributed by atoms with Gasteiger partial charge in [0.05, 0.1) is 0 Å². The summed E-state index contributed by atoms with van der Waals surface area (Å²) in [6.07, 6.45) is 0.859. The number of hydrogen-bond donors (Lipinski definition) is 2. The molecule has 0 aliphatic carbocycles. The predicted octanol–water partition coefficient (Wildman–Crippen LogP) is 2.23. The average Bonchev–Trinajstić information content (AvgIpc) is 2.41. The third-order valence-corrected chi connectivity index (χ3v) is 2.64. The van der Waals surface area contributed by atoms with Gasteiger partial charge in [-0.05, 0) is 24.1 Å². The number of hydrogen-bond acceptors (Lipinski definition) is 3. The fourth-order valence-electron chi connectivity index (χ4n) is 1.55. The number of carbonyl (C=O) groups excluding carboxylic acids is 1. The van der Waals surface area contributed by atoms with Crippen LogP contribution in [0.4, 0.5) is 4.39 Å². The lowest BCUT2D eigenvalue weighted by atomic mass is 10.2. The van der Waals surface area contributed by atoms with Crippen LogP contribution >= 0.6 is 0 Å². The van der Waals surface area contributed by atoms with Crippen molar-refractivity contribution in [3.63, 3.8) is 0 Å². The van der Waals surface area contributed by atoms with E-state index >= 15 is 0 Å². The molecule has 0 aliphatic heterocycles. The molecule has 0 bridgehead atoms. The molecule has 0 spiro atoms. The van der Waals surface area contributed by atoms with Crippen LogP contribution in [0.1, 0.15) is 32.8 Å². The van der Waals surface area contributed by atoms with Crippen LogP contribution in [0.5, 0.6) is 5.75 Å². The average molecular weight is 282 g/mol. The summed E-state index contributed by atoms with van der Waals surface area (Å²) in [5, 5.41) is 5.88. The Hall–Kier alpha value is -1.62. The molecule has 0 saturated heterocycles. The molecule has 0 radical (unpaired) electrons. The van der Waals surface area contributed by atoms with Gasteiger partial charge in [-0.25, -0.2) is 4.39 Å². The van der Waals surface area contributed by atoms with Crippen LogP contribution in [0.2, 0.25) is 0 Å². The Morgan fingerprint density at radius 2 is 2.15 bits per heavy atom. The SMILES string of the molecule is CCCNC(=O)COc1ccc(CNC(C)C)cc1F. The molecule has 112 valence electrons. The zero-order chi connectivity index (χ0) is 15.0. The minimum Gasteiger partial charge on any atom is -0.481 e. The van der Waals surface area contributed by atoms with Crippen molar-refractivity contribution in [2.45, 2.75) is 39.8 Å². The highest BCUT2D eigenvalue weighted by atomic mass is 19.1. The van der Waals surface area contributed by atoms with E-state index in [1.165, 1.54) is 6.07 Å². The van der Waals surface area contributed by atoms with Crippen LogP contribution < -0.4 is 15.4 Å². The highest BCUT2D eigenvalue weighted by molar-refractivity contribution is 5.77. The second-order valence-corrected chi connectivity index (χ2v) is 4.94. The van der Waals surface area contributed by atoms with E-state index in [2.05, 4.69) is 10.6 Å². The van der Waals surface area contributed by atoms with E-state index in [9.17, 15) is 9.18 Å². The number of halogens is 1. The number of ether oxygens (including phenoxy) is 1. The van der Waals surface area contributed by atoms with Crippen LogP contribution in [-0.4, -0.2) is 25.1 Å². The summed E-state index contributed by atoms with van der Waals surface area (Å²) in [5.74, 6) is -0.585. The Kier molecular flexibility index (Phi) is 7.01. The summed E-state index contributed by atoms with van der Waals surface area (Å²) in [6.45, 7) is 7.06. The Labute approximate surface area is 119 Å². The first-order chi connectivity index (χ1) is 9.52. The van der Waals surface area contributed by atoms with E-state index in [0.717, 1.165) is 12.0 Å². The zero-order valence-electron chi connectivity index (χ0n) is 12.3. The molecule has 0 saturated carbocycles. The lowest BCUT2D eigenvalue weighted by Gasteiger charge is -2.11. The summed E-state index contributed by atoms with van der Waals surface area (Å²) in [7, 11) is 0. The molecule has 0 aliphatic rings. The van der Waals surface area contributed by atoms with Crippen molar-refractivity contribution >= 4 is 5.91 Å². The molecule has 20 heavy (non-hydrogen) atoms. The highest BCUT2D eigenvalue weighted by Gasteiger charge is 2.07. The van der Waals surface area contributed by atoms with Crippen molar-refractivity contribution < 1.29 is 13.9 Å². The maximum absolute atomic E-state index is 13.8. The Morgan fingerprint density at radius 3 is 2.75 bits per heavy atom. The maximum atomic E-state index is 13.8. The number of amides is 1. The van der Waals surface area contributed by atoms with Gasteiger partial charge in [0.25, 0.3) is 5.91 Å². The molecule has 1 aromatic carbocycles. The number of carbonyl (C=O) groups is 1. The van der Waals surface area contributed by atoms with Crippen LogP contribution in [0.3, 0.4) is 0 Å². The Morgan fingerprint density at radius 1 is 1.40 bits per heavy atom. The topological polar surface area (TPSA) is 50.4 Å². The van der Waals surface area contributed by atoms with Crippen LogP contribution in [-0.2, 0) is 11.3 Å². The summed E-state index contributed by atoms with van der Waals surface area (Å²) >= 11 is 0. The first-order valence-electron chi connectivity index (χ1n) is 6.94. The molecule has 1 amide bonds. The van der Waals surface area contributed by atoms with Crippen molar-refractivity contribution in [3.05, 3.63) is 29.6 Å². The molecular weight excluding hydrogens is 259 g/mol. The minimum atomic E-state index is -0.448. The molecule has 0 unspecified atom stereocenters. The standard InChI is InChI=1S/C15H23FN2O2/c1-4-7-17-15(19)10-20-14-6-5-12(8-13(14)16)9-18-11(2)3/h5-6,8,11,18H,4,7,9-10H2,1-3H3,(H,17,19). The second kappa shape index (κ2) is 8.53. The largest absolute Gasteiger partial charge is 0.481 e. The van der Waals surface area contributed by atoms with Gasteiger partial charge in [0.1, 0.15) is 0 Å². The zero-order valence-corrected chi connectivity index (χ0v) is 12.3. The van der Waals surface area contributed by atoms with Gasteiger partial charge in [0.2, 0.25) is 0 Å². The van der Waals surface area contributed by atoms with E-state index in [1.807, 2.05) is 20.8 Å². The van der Waals surface area contributed by atoms with E-state index in [1.54, 1.807) is 12.1 Å². The highest BCUT2D eigenvalue weighted by Crippen LogP contribution is 2.18. The number of benzene rings is 1. The molecule has 1 aromatic rings. The van der Waals surface area contributed by atoms with Crippen LogP contribution in [0.25, 0.3) is 0 Å². The fourth-order valence-corrected chi connectivity index (χ4v) is 1.55. The molecule has 0 fully saturated rings. The van der Waals surface area contributed by atoms with E-state index in [0.29, 0.717) is 19.1 Å². The molecule has 0 aromatic heterocycles. The summed E-state index contributed by atoms with van der Waals surface area (Å²) < 4.78 is 19.0. The molecule has 0 atom stereocenters. The van der Waals surface area contributed by atoms with Gasteiger partial charge < -0.3 is 15.4 Å². The van der Waals surface area contributed by atoms with Crippen molar-refractivity contribution in [1.29, 1.82) is 0 Å². The van der Waals surface area contributed by atoms with E-state index < -0.39 is 5.82 Å². The number of rotatable bonds is 8. The molecule has 5 heteroatoms. The minimum absolute atomic E-state index is 0.102. The van der Waals surface area contributed by atoms with Crippen LogP contribution in [0, 0.1) is 5.82 Å². The van der Waals surface area contributed by atoms with Gasteiger partial charge in [-0.1, -0.05) is 26.8 Å². The van der Waals surface area contributed by atoms with Crippen molar-refractivity contribution in [2.75, 3.05) is 13.2 Å².